The van der Waals surface area contributed by atoms with E-state index in [1.54, 1.807) is 0 Å². The zero-order valence-corrected chi connectivity index (χ0v) is 24.4. The zero-order valence-electron chi connectivity index (χ0n) is 24.4. The molecule has 2 amide bonds. The Hall–Kier alpha value is -4.22. The van der Waals surface area contributed by atoms with Crippen molar-refractivity contribution in [1.29, 1.82) is 0 Å². The summed E-state index contributed by atoms with van der Waals surface area (Å²) in [6, 6.07) is 3.54. The molecule has 3 aromatic rings. The van der Waals surface area contributed by atoms with Gasteiger partial charge in [0.05, 0.1) is 17.2 Å². The van der Waals surface area contributed by atoms with Gasteiger partial charge in [-0.2, -0.15) is 31.3 Å². The Morgan fingerprint density at radius 2 is 1.74 bits per heavy atom. The van der Waals surface area contributed by atoms with Crippen LogP contribution in [0.25, 0.3) is 11.2 Å². The highest BCUT2D eigenvalue weighted by Crippen LogP contribution is 2.39. The van der Waals surface area contributed by atoms with Gasteiger partial charge in [0, 0.05) is 19.6 Å². The number of benzene rings is 1. The molecule has 2 heterocycles. The highest BCUT2D eigenvalue weighted by molar-refractivity contribution is 5.99. The molecular weight excluding hydrogens is 636 g/mol. The van der Waals surface area contributed by atoms with Crippen LogP contribution >= 0.6 is 0 Å². The molecular formula is C28H30F8N6O4. The van der Waals surface area contributed by atoms with Gasteiger partial charge in [0.15, 0.2) is 12.3 Å². The summed E-state index contributed by atoms with van der Waals surface area (Å²) in [5.74, 6) is -3.82. The van der Waals surface area contributed by atoms with Gasteiger partial charge in [0.2, 0.25) is 17.7 Å². The topological polar surface area (TPSA) is 130 Å². The standard InChI is InChI=1S/C28H30F8N6O4/c1-13(43)23(44)37-11-14-3-8-18(28(34,35)36)19(9-14)39-26-40-20-10-17(25(46-12-21(29)30)41-22(20)42(26)2)24(45)38-16-6-4-15(5-7-16)27(31,32)33/h3,8-10,13,15-16,21,43H,4-7,11-12H2,1-2H3,(H,37,44)(H,38,45)(H,39,40)/t13-,15?,16?/m0/s1. The monoisotopic (exact) mass is 666 g/mol. The second kappa shape index (κ2) is 13.6. The number of nitrogens with zero attached hydrogens (tertiary/aromatic N) is 3. The lowest BCUT2D eigenvalue weighted by molar-refractivity contribution is -0.182. The van der Waals surface area contributed by atoms with Crippen LogP contribution in [0.2, 0.25) is 0 Å². The predicted molar refractivity (Wildman–Crippen MR) is 148 cm³/mol. The number of rotatable bonds is 10. The number of ether oxygens (including phenoxy) is 1. The number of fused-ring (bicyclic) bond motifs is 1. The van der Waals surface area contributed by atoms with Gasteiger partial charge in [-0.15, -0.1) is 0 Å². The van der Waals surface area contributed by atoms with Crippen molar-refractivity contribution in [2.75, 3.05) is 11.9 Å². The third kappa shape index (κ3) is 8.32. The second-order valence-electron chi connectivity index (χ2n) is 10.8. The fourth-order valence-electron chi connectivity index (χ4n) is 4.96. The highest BCUT2D eigenvalue weighted by atomic mass is 19.4. The molecule has 0 bridgehead atoms. The Morgan fingerprint density at radius 3 is 2.33 bits per heavy atom. The van der Waals surface area contributed by atoms with Crippen LogP contribution in [0.3, 0.4) is 0 Å². The van der Waals surface area contributed by atoms with Gasteiger partial charge in [0.1, 0.15) is 17.2 Å². The van der Waals surface area contributed by atoms with Gasteiger partial charge in [-0.1, -0.05) is 6.07 Å². The third-order valence-corrected chi connectivity index (χ3v) is 7.41. The van der Waals surface area contributed by atoms with Gasteiger partial charge >= 0.3 is 12.4 Å². The second-order valence-corrected chi connectivity index (χ2v) is 10.8. The first-order valence-electron chi connectivity index (χ1n) is 14.0. The highest BCUT2D eigenvalue weighted by Gasteiger charge is 2.41. The Balaban J connectivity index is 1.65. The SMILES string of the molecule is C[C@H](O)C(=O)NCc1ccc(C(F)(F)F)c(Nc2nc3cc(C(=O)NC4CCC(C(F)(F)F)CC4)c(OCC(F)F)nc3n2C)c1. The lowest BCUT2D eigenvalue weighted by Crippen LogP contribution is -2.40. The number of hydrogen-bond donors (Lipinski definition) is 4. The molecule has 252 valence electrons. The number of aliphatic hydroxyl groups excluding tert-OH is 1. The number of halogens is 8. The van der Waals surface area contributed by atoms with Crippen molar-refractivity contribution in [3.8, 4) is 5.88 Å². The average molecular weight is 667 g/mol. The number of hydrogen-bond acceptors (Lipinski definition) is 7. The molecule has 1 aliphatic rings. The molecule has 1 saturated carbocycles. The maximum absolute atomic E-state index is 13.9. The molecule has 4 rings (SSSR count). The minimum Gasteiger partial charge on any atom is -0.471 e. The van der Waals surface area contributed by atoms with Crippen LogP contribution in [-0.2, 0) is 24.6 Å². The third-order valence-electron chi connectivity index (χ3n) is 7.41. The van der Waals surface area contributed by atoms with Crippen LogP contribution in [0.5, 0.6) is 5.88 Å². The van der Waals surface area contributed by atoms with Gasteiger partial charge in [-0.05, 0) is 56.4 Å². The van der Waals surface area contributed by atoms with Crippen LogP contribution in [0.4, 0.5) is 46.8 Å². The normalized spacial score (nSPS) is 18.0. The number of carbonyl (C=O) groups excluding carboxylic acids is 2. The maximum atomic E-state index is 13.9. The van der Waals surface area contributed by atoms with E-state index in [9.17, 15) is 49.8 Å². The number of anilines is 2. The summed E-state index contributed by atoms with van der Waals surface area (Å²) in [6.45, 7) is -0.135. The number of nitrogens with one attached hydrogen (secondary N) is 3. The van der Waals surface area contributed by atoms with Crippen LogP contribution in [0.1, 0.15) is 54.1 Å². The first-order chi connectivity index (χ1) is 21.4. The summed E-state index contributed by atoms with van der Waals surface area (Å²) >= 11 is 0. The molecule has 0 unspecified atom stereocenters. The minimum absolute atomic E-state index is 0.0276. The first kappa shape index (κ1) is 34.6. The Morgan fingerprint density at radius 1 is 1.07 bits per heavy atom. The minimum atomic E-state index is -4.81. The van der Waals surface area contributed by atoms with Crippen molar-refractivity contribution in [2.24, 2.45) is 13.0 Å². The summed E-state index contributed by atoms with van der Waals surface area (Å²) in [7, 11) is 1.36. The molecule has 1 atom stereocenters. The first-order valence-corrected chi connectivity index (χ1v) is 14.0. The molecule has 1 aromatic carbocycles. The van der Waals surface area contributed by atoms with Crippen molar-refractivity contribution >= 4 is 34.6 Å². The fraction of sp³-hybridized carbons (Fsp3) is 0.500. The molecule has 1 aliphatic carbocycles. The molecule has 4 N–H and O–H groups in total. The zero-order chi connectivity index (χ0) is 34.0. The van der Waals surface area contributed by atoms with E-state index in [4.69, 9.17) is 4.74 Å². The molecule has 0 saturated heterocycles. The Kier molecular flexibility index (Phi) is 10.3. The van der Waals surface area contributed by atoms with E-state index in [2.05, 4.69) is 25.9 Å². The van der Waals surface area contributed by atoms with Crippen molar-refractivity contribution in [3.05, 3.63) is 41.0 Å². The summed E-state index contributed by atoms with van der Waals surface area (Å²) in [5.41, 5.74) is -1.73. The van der Waals surface area contributed by atoms with Crippen LogP contribution in [-0.4, -0.2) is 62.8 Å². The van der Waals surface area contributed by atoms with E-state index >= 15 is 0 Å². The van der Waals surface area contributed by atoms with E-state index in [1.807, 2.05) is 0 Å². The number of imidazole rings is 1. The van der Waals surface area contributed by atoms with E-state index in [0.717, 1.165) is 24.3 Å². The molecule has 10 nitrogen and oxygen atoms in total. The van der Waals surface area contributed by atoms with Gasteiger partial charge in [-0.25, -0.2) is 13.8 Å². The van der Waals surface area contributed by atoms with Gasteiger partial charge in [0.25, 0.3) is 12.3 Å². The largest absolute Gasteiger partial charge is 0.471 e. The summed E-state index contributed by atoms with van der Waals surface area (Å²) in [6.07, 6.45) is -13.8. The molecule has 18 heteroatoms. The van der Waals surface area contributed by atoms with E-state index in [-0.39, 0.29) is 60.5 Å². The fourth-order valence-corrected chi connectivity index (χ4v) is 4.96. The smallest absolute Gasteiger partial charge is 0.418 e. The van der Waals surface area contributed by atoms with E-state index in [0.29, 0.717) is 0 Å². The summed E-state index contributed by atoms with van der Waals surface area (Å²) in [5, 5.41) is 16.9. The van der Waals surface area contributed by atoms with Crippen LogP contribution in [0, 0.1) is 5.92 Å². The van der Waals surface area contributed by atoms with Crippen molar-refractivity contribution in [2.45, 2.75) is 70.1 Å². The maximum Gasteiger partial charge on any atom is 0.418 e. The number of alkyl halides is 8. The quantitative estimate of drug-likeness (QED) is 0.218. The molecule has 0 radical (unpaired) electrons. The van der Waals surface area contributed by atoms with Crippen molar-refractivity contribution in [3.63, 3.8) is 0 Å². The number of aryl methyl sites for hydroxylation is 1. The van der Waals surface area contributed by atoms with Gasteiger partial charge < -0.3 is 25.8 Å². The van der Waals surface area contributed by atoms with Crippen LogP contribution in [0.15, 0.2) is 24.3 Å². The molecule has 0 aliphatic heterocycles. The van der Waals surface area contributed by atoms with E-state index < -0.39 is 72.4 Å². The summed E-state index contributed by atoms with van der Waals surface area (Å²) < 4.78 is 113. The number of pyridine rings is 1. The lowest BCUT2D eigenvalue weighted by Gasteiger charge is -2.30. The average Bonchev–Trinajstić information content (AvgIpc) is 3.27. The number of aromatic nitrogens is 3. The molecule has 46 heavy (non-hydrogen) atoms. The Bertz CT molecular complexity index is 1570. The summed E-state index contributed by atoms with van der Waals surface area (Å²) in [4.78, 5) is 33.2. The molecule has 1 fully saturated rings. The lowest BCUT2D eigenvalue weighted by atomic mass is 9.85. The van der Waals surface area contributed by atoms with Crippen LogP contribution < -0.4 is 20.7 Å². The molecule has 2 aromatic heterocycles. The Labute approximate surface area is 256 Å². The van der Waals surface area contributed by atoms with E-state index in [1.165, 1.54) is 18.5 Å². The van der Waals surface area contributed by atoms with Gasteiger partial charge in [-0.3, -0.25) is 14.2 Å². The number of amides is 2. The predicted octanol–water partition coefficient (Wildman–Crippen LogP) is 5.22. The van der Waals surface area contributed by atoms with Crippen molar-refractivity contribution in [1.82, 2.24) is 25.2 Å². The number of carbonyl (C=O) groups is 2. The van der Waals surface area contributed by atoms with Crippen molar-refractivity contribution < 1.29 is 54.6 Å². The molecule has 0 spiro atoms. The number of aliphatic hydroxyl groups is 1.